The Bertz CT molecular complexity index is 458. The predicted octanol–water partition coefficient (Wildman–Crippen LogP) is 2.60. The van der Waals surface area contributed by atoms with Gasteiger partial charge in [0.1, 0.15) is 0 Å². The quantitative estimate of drug-likeness (QED) is 0.395. The molecule has 1 fully saturated rings. The van der Waals surface area contributed by atoms with E-state index in [4.69, 9.17) is 9.73 Å². The van der Waals surface area contributed by atoms with Crippen molar-refractivity contribution in [3.8, 4) is 0 Å². The van der Waals surface area contributed by atoms with Crippen LogP contribution < -0.4 is 5.32 Å². The highest BCUT2D eigenvalue weighted by atomic mass is 127. The number of guanidine groups is 1. The number of piperidine rings is 1. The van der Waals surface area contributed by atoms with Crippen molar-refractivity contribution in [2.24, 2.45) is 10.9 Å². The first-order valence-corrected chi connectivity index (χ1v) is 8.85. The van der Waals surface area contributed by atoms with E-state index < -0.39 is 0 Å². The molecule has 0 spiro atoms. The molecule has 0 saturated carbocycles. The Morgan fingerprint density at radius 3 is 2.71 bits per heavy atom. The van der Waals surface area contributed by atoms with Gasteiger partial charge < -0.3 is 15.0 Å². The van der Waals surface area contributed by atoms with Gasteiger partial charge in [-0.1, -0.05) is 6.92 Å². The van der Waals surface area contributed by atoms with Crippen LogP contribution >= 0.6 is 24.0 Å². The summed E-state index contributed by atoms with van der Waals surface area (Å²) in [5.41, 5.74) is 0. The first-order chi connectivity index (χ1) is 11.2. The third-order valence-electron chi connectivity index (χ3n) is 4.09. The maximum atomic E-state index is 5.73. The molecule has 1 aromatic heterocycles. The van der Waals surface area contributed by atoms with Crippen molar-refractivity contribution in [1.29, 1.82) is 0 Å². The van der Waals surface area contributed by atoms with Crippen LogP contribution in [-0.4, -0.2) is 59.5 Å². The van der Waals surface area contributed by atoms with Gasteiger partial charge >= 0.3 is 0 Å². The van der Waals surface area contributed by atoms with E-state index in [-0.39, 0.29) is 24.0 Å². The minimum Gasteiger partial charge on any atom is -0.378 e. The Labute approximate surface area is 163 Å². The van der Waals surface area contributed by atoms with Gasteiger partial charge in [-0.05, 0) is 38.7 Å². The second kappa shape index (κ2) is 11.7. The fourth-order valence-corrected chi connectivity index (χ4v) is 2.92. The van der Waals surface area contributed by atoms with E-state index in [1.807, 2.05) is 23.1 Å². The van der Waals surface area contributed by atoms with Crippen LogP contribution in [-0.2, 0) is 11.3 Å². The highest BCUT2D eigenvalue weighted by Gasteiger charge is 2.21. The molecule has 0 amide bonds. The van der Waals surface area contributed by atoms with Gasteiger partial charge in [0, 0.05) is 51.7 Å². The van der Waals surface area contributed by atoms with Crippen LogP contribution in [0.15, 0.2) is 23.5 Å². The molecule has 0 aliphatic carbocycles. The summed E-state index contributed by atoms with van der Waals surface area (Å²) in [6.45, 7) is 11.9. The molecule has 6 nitrogen and oxygen atoms in total. The lowest BCUT2D eigenvalue weighted by Crippen LogP contribution is -2.47. The maximum Gasteiger partial charge on any atom is 0.193 e. The Morgan fingerprint density at radius 2 is 2.12 bits per heavy atom. The zero-order valence-corrected chi connectivity index (χ0v) is 17.5. The molecule has 1 unspecified atom stereocenters. The summed E-state index contributed by atoms with van der Waals surface area (Å²) in [6, 6.07) is 1.96. The van der Waals surface area contributed by atoms with Crippen molar-refractivity contribution in [1.82, 2.24) is 20.0 Å². The highest BCUT2D eigenvalue weighted by molar-refractivity contribution is 14.0. The van der Waals surface area contributed by atoms with E-state index in [1.165, 1.54) is 0 Å². The third-order valence-corrected chi connectivity index (χ3v) is 4.09. The summed E-state index contributed by atoms with van der Waals surface area (Å²) < 4.78 is 7.70. The number of rotatable bonds is 7. The molecule has 24 heavy (non-hydrogen) atoms. The lowest BCUT2D eigenvalue weighted by atomic mass is 10.1. The maximum absolute atomic E-state index is 5.73. The van der Waals surface area contributed by atoms with Gasteiger partial charge in [-0.3, -0.25) is 9.67 Å². The molecule has 0 radical (unpaired) electrons. The number of halogens is 1. The fraction of sp³-hybridized carbons (Fsp3) is 0.765. The van der Waals surface area contributed by atoms with Crippen LogP contribution in [0.2, 0.25) is 0 Å². The summed E-state index contributed by atoms with van der Waals surface area (Å²) in [5, 5.41) is 7.69. The molecule has 138 valence electrons. The van der Waals surface area contributed by atoms with E-state index in [2.05, 4.69) is 36.1 Å². The normalized spacial score (nSPS) is 17.5. The second-order valence-electron chi connectivity index (χ2n) is 6.17. The van der Waals surface area contributed by atoms with Gasteiger partial charge in [-0.2, -0.15) is 5.10 Å². The zero-order valence-electron chi connectivity index (χ0n) is 15.1. The largest absolute Gasteiger partial charge is 0.378 e. The van der Waals surface area contributed by atoms with Gasteiger partial charge in [0.15, 0.2) is 5.96 Å². The Kier molecular flexibility index (Phi) is 10.3. The Balaban J connectivity index is 0.00000288. The van der Waals surface area contributed by atoms with Crippen molar-refractivity contribution in [3.05, 3.63) is 18.5 Å². The van der Waals surface area contributed by atoms with Crippen LogP contribution in [0.4, 0.5) is 0 Å². The second-order valence-corrected chi connectivity index (χ2v) is 6.17. The monoisotopic (exact) mass is 449 g/mol. The number of nitrogens with zero attached hydrogens (tertiary/aromatic N) is 4. The van der Waals surface area contributed by atoms with Crippen molar-refractivity contribution < 1.29 is 4.74 Å². The van der Waals surface area contributed by atoms with Gasteiger partial charge in [0.05, 0.1) is 6.10 Å². The minimum absolute atomic E-state index is 0. The van der Waals surface area contributed by atoms with Crippen LogP contribution in [0.5, 0.6) is 0 Å². The summed E-state index contributed by atoms with van der Waals surface area (Å²) in [7, 11) is 0. The highest BCUT2D eigenvalue weighted by Crippen LogP contribution is 2.14. The van der Waals surface area contributed by atoms with E-state index in [1.54, 1.807) is 0 Å². The standard InChI is InChI=1S/C17H31N5O.HI/c1-4-18-17(21-11-7-16(8-12-21)23-5-2)19-13-15(3)14-22-10-6-9-20-22;/h6,9-10,15-16H,4-5,7-8,11-14H2,1-3H3,(H,18,19);1H. The molecular formula is C17H32IN5O. The van der Waals surface area contributed by atoms with Crippen molar-refractivity contribution in [2.45, 2.75) is 46.3 Å². The van der Waals surface area contributed by atoms with Gasteiger partial charge in [-0.15, -0.1) is 24.0 Å². The van der Waals surface area contributed by atoms with E-state index >= 15 is 0 Å². The van der Waals surface area contributed by atoms with Crippen molar-refractivity contribution in [3.63, 3.8) is 0 Å². The average molecular weight is 449 g/mol. The number of aliphatic imine (C=N–C) groups is 1. The molecule has 0 aromatic carbocycles. The molecule has 7 heteroatoms. The molecular weight excluding hydrogens is 417 g/mol. The number of aromatic nitrogens is 2. The molecule has 2 heterocycles. The molecule has 1 N–H and O–H groups in total. The molecule has 0 bridgehead atoms. The fourth-order valence-electron chi connectivity index (χ4n) is 2.92. The molecule has 1 aliphatic rings. The van der Waals surface area contributed by atoms with Gasteiger partial charge in [0.25, 0.3) is 0 Å². The summed E-state index contributed by atoms with van der Waals surface area (Å²) >= 11 is 0. The number of likely N-dealkylation sites (tertiary alicyclic amines) is 1. The summed E-state index contributed by atoms with van der Waals surface area (Å²) in [5.74, 6) is 1.50. The Hall–Kier alpha value is -0.830. The first-order valence-electron chi connectivity index (χ1n) is 8.85. The Morgan fingerprint density at radius 1 is 1.38 bits per heavy atom. The SMILES string of the molecule is CCNC(=NCC(C)Cn1cccn1)N1CCC(OCC)CC1.I. The smallest absolute Gasteiger partial charge is 0.193 e. The number of hydrogen-bond donors (Lipinski definition) is 1. The molecule has 1 saturated heterocycles. The lowest BCUT2D eigenvalue weighted by Gasteiger charge is -2.34. The first kappa shape index (κ1) is 21.2. The van der Waals surface area contributed by atoms with Gasteiger partial charge in [0.2, 0.25) is 0 Å². The lowest BCUT2D eigenvalue weighted by molar-refractivity contribution is 0.0263. The minimum atomic E-state index is 0. The van der Waals surface area contributed by atoms with E-state index in [9.17, 15) is 0 Å². The van der Waals surface area contributed by atoms with Crippen LogP contribution in [0.25, 0.3) is 0 Å². The molecule has 2 rings (SSSR count). The molecule has 1 atom stereocenters. The zero-order chi connectivity index (χ0) is 16.5. The van der Waals surface area contributed by atoms with Crippen LogP contribution in [0, 0.1) is 5.92 Å². The van der Waals surface area contributed by atoms with Crippen LogP contribution in [0.3, 0.4) is 0 Å². The number of ether oxygens (including phenoxy) is 1. The van der Waals surface area contributed by atoms with E-state index in [0.29, 0.717) is 12.0 Å². The average Bonchev–Trinajstić information content (AvgIpc) is 3.05. The molecule has 1 aromatic rings. The van der Waals surface area contributed by atoms with Crippen molar-refractivity contribution >= 4 is 29.9 Å². The predicted molar refractivity (Wildman–Crippen MR) is 109 cm³/mol. The number of hydrogen-bond acceptors (Lipinski definition) is 3. The van der Waals surface area contributed by atoms with Crippen molar-refractivity contribution in [2.75, 3.05) is 32.8 Å². The summed E-state index contributed by atoms with van der Waals surface area (Å²) in [6.07, 6.45) is 6.41. The summed E-state index contributed by atoms with van der Waals surface area (Å²) in [4.78, 5) is 7.20. The van der Waals surface area contributed by atoms with Gasteiger partial charge in [-0.25, -0.2) is 0 Å². The van der Waals surface area contributed by atoms with Crippen LogP contribution in [0.1, 0.15) is 33.6 Å². The topological polar surface area (TPSA) is 54.7 Å². The van der Waals surface area contributed by atoms with E-state index in [0.717, 1.165) is 58.1 Å². The molecule has 1 aliphatic heterocycles. The number of nitrogens with one attached hydrogen (secondary N) is 1. The third kappa shape index (κ3) is 6.96.